The molecular formula is C20H25N3O6S. The van der Waals surface area contributed by atoms with E-state index in [1.165, 1.54) is 5.01 Å². The molecule has 1 aromatic rings. The van der Waals surface area contributed by atoms with E-state index in [-0.39, 0.29) is 42.1 Å². The Bertz CT molecular complexity index is 1020. The monoisotopic (exact) mass is 435 g/mol. The summed E-state index contributed by atoms with van der Waals surface area (Å²) < 4.78 is 35.0. The lowest BCUT2D eigenvalue weighted by Gasteiger charge is -2.27. The number of sulfone groups is 1. The molecule has 9 nitrogen and oxygen atoms in total. The smallest absolute Gasteiger partial charge is 0.271 e. The highest BCUT2D eigenvalue weighted by Gasteiger charge is 2.37. The lowest BCUT2D eigenvalue weighted by Crippen LogP contribution is -2.42. The van der Waals surface area contributed by atoms with Crippen LogP contribution in [0.3, 0.4) is 0 Å². The molecule has 2 atom stereocenters. The fourth-order valence-corrected chi connectivity index (χ4v) is 5.69. The molecule has 0 aliphatic carbocycles. The van der Waals surface area contributed by atoms with E-state index in [0.717, 1.165) is 12.0 Å². The Morgan fingerprint density at radius 1 is 1.37 bits per heavy atom. The highest BCUT2D eigenvalue weighted by molar-refractivity contribution is 7.91. The second-order valence-corrected chi connectivity index (χ2v) is 10.0. The van der Waals surface area contributed by atoms with Crippen molar-refractivity contribution in [2.24, 2.45) is 5.10 Å². The third kappa shape index (κ3) is 4.14. The van der Waals surface area contributed by atoms with Crippen LogP contribution in [0.2, 0.25) is 0 Å². The molecule has 0 aromatic heterocycles. The highest BCUT2D eigenvalue weighted by Crippen LogP contribution is 2.38. The summed E-state index contributed by atoms with van der Waals surface area (Å²) in [5, 5.41) is 8.22. The second-order valence-electron chi connectivity index (χ2n) is 7.82. The van der Waals surface area contributed by atoms with Crippen LogP contribution in [0.5, 0.6) is 11.5 Å². The van der Waals surface area contributed by atoms with Gasteiger partial charge in [0, 0.05) is 30.9 Å². The maximum atomic E-state index is 12.9. The Labute approximate surface area is 175 Å². The van der Waals surface area contributed by atoms with E-state index < -0.39 is 21.8 Å². The molecule has 1 saturated heterocycles. The van der Waals surface area contributed by atoms with Crippen molar-refractivity contribution in [1.82, 2.24) is 5.01 Å². The van der Waals surface area contributed by atoms with Gasteiger partial charge < -0.3 is 14.8 Å². The average Bonchev–Trinajstić information content (AvgIpc) is 3.22. The van der Waals surface area contributed by atoms with Crippen LogP contribution in [-0.2, 0) is 25.8 Å². The Morgan fingerprint density at radius 3 is 2.87 bits per heavy atom. The maximum absolute atomic E-state index is 12.9. The fraction of sp³-hybridized carbons (Fsp3) is 0.550. The van der Waals surface area contributed by atoms with E-state index in [4.69, 9.17) is 9.47 Å². The number of hydrogen-bond acceptors (Lipinski definition) is 7. The SMILES string of the molecule is CCOc1cc2c(cc1NC(=O)C1=NN([C@@H]3CCS(=O)(=O)C3)C(=O)CC1)O[C@H](C)C2. The zero-order valence-corrected chi connectivity index (χ0v) is 17.8. The Hall–Kier alpha value is -2.62. The van der Waals surface area contributed by atoms with Crippen molar-refractivity contribution in [3.8, 4) is 11.5 Å². The van der Waals surface area contributed by atoms with Crippen LogP contribution in [0.4, 0.5) is 5.69 Å². The van der Waals surface area contributed by atoms with E-state index in [1.807, 2.05) is 19.9 Å². The molecule has 0 bridgehead atoms. The Kier molecular flexibility index (Phi) is 5.44. The van der Waals surface area contributed by atoms with Crippen molar-refractivity contribution in [2.45, 2.75) is 51.7 Å². The van der Waals surface area contributed by atoms with Gasteiger partial charge >= 0.3 is 0 Å². The number of amides is 2. The average molecular weight is 436 g/mol. The number of hydrogen-bond donors (Lipinski definition) is 1. The van der Waals surface area contributed by atoms with Crippen molar-refractivity contribution in [2.75, 3.05) is 23.4 Å². The molecule has 0 radical (unpaired) electrons. The van der Waals surface area contributed by atoms with E-state index in [2.05, 4.69) is 10.4 Å². The first-order chi connectivity index (χ1) is 14.3. The van der Waals surface area contributed by atoms with E-state index >= 15 is 0 Å². The number of nitrogens with zero attached hydrogens (tertiary/aromatic N) is 2. The number of rotatable bonds is 5. The van der Waals surface area contributed by atoms with E-state index in [9.17, 15) is 18.0 Å². The minimum atomic E-state index is -3.17. The molecule has 2 amide bonds. The van der Waals surface area contributed by atoms with Gasteiger partial charge in [0.15, 0.2) is 9.84 Å². The van der Waals surface area contributed by atoms with Crippen molar-refractivity contribution < 1.29 is 27.5 Å². The zero-order chi connectivity index (χ0) is 21.5. The summed E-state index contributed by atoms with van der Waals surface area (Å²) in [4.78, 5) is 25.2. The van der Waals surface area contributed by atoms with Crippen LogP contribution >= 0.6 is 0 Å². The normalized spacial score (nSPS) is 24.8. The number of ether oxygens (including phenoxy) is 2. The zero-order valence-electron chi connectivity index (χ0n) is 17.0. The second kappa shape index (κ2) is 7.90. The number of fused-ring (bicyclic) bond motifs is 1. The molecule has 3 heterocycles. The fourth-order valence-electron chi connectivity index (χ4n) is 3.99. The number of carbonyl (C=O) groups excluding carboxylic acids is 2. The van der Waals surface area contributed by atoms with Gasteiger partial charge in [-0.25, -0.2) is 13.4 Å². The number of benzene rings is 1. The largest absolute Gasteiger partial charge is 0.492 e. The summed E-state index contributed by atoms with van der Waals surface area (Å²) in [6.45, 7) is 4.28. The molecule has 30 heavy (non-hydrogen) atoms. The van der Waals surface area contributed by atoms with Gasteiger partial charge in [-0.15, -0.1) is 0 Å². The van der Waals surface area contributed by atoms with Crippen LogP contribution < -0.4 is 14.8 Å². The molecule has 4 rings (SSSR count). The minimum absolute atomic E-state index is 0.0315. The standard InChI is InChI=1S/C20H25N3O6S/c1-3-28-18-9-13-8-12(2)29-17(13)10-16(18)21-20(25)15-4-5-19(24)23(22-15)14-6-7-30(26,27)11-14/h9-10,12,14H,3-8,11H2,1-2H3,(H,21,25)/t12-,14-/m1/s1. The van der Waals surface area contributed by atoms with Gasteiger partial charge in [-0.3, -0.25) is 9.59 Å². The lowest BCUT2D eigenvalue weighted by atomic mass is 10.1. The molecule has 1 fully saturated rings. The third-order valence-electron chi connectivity index (χ3n) is 5.42. The summed E-state index contributed by atoms with van der Waals surface area (Å²) in [6.07, 6.45) is 1.49. The van der Waals surface area contributed by atoms with Crippen LogP contribution in [0.1, 0.15) is 38.7 Å². The van der Waals surface area contributed by atoms with Gasteiger partial charge in [0.05, 0.1) is 29.8 Å². The molecular weight excluding hydrogens is 410 g/mol. The molecule has 10 heteroatoms. The maximum Gasteiger partial charge on any atom is 0.271 e. The Morgan fingerprint density at radius 2 is 2.17 bits per heavy atom. The molecule has 1 aromatic carbocycles. The summed E-state index contributed by atoms with van der Waals surface area (Å²) >= 11 is 0. The Balaban J connectivity index is 1.55. The summed E-state index contributed by atoms with van der Waals surface area (Å²) in [5.74, 6) is 0.465. The van der Waals surface area contributed by atoms with Gasteiger partial charge in [-0.1, -0.05) is 0 Å². The highest BCUT2D eigenvalue weighted by atomic mass is 32.2. The first-order valence-corrected chi connectivity index (χ1v) is 12.0. The molecule has 1 N–H and O–H groups in total. The van der Waals surface area contributed by atoms with Gasteiger partial charge in [0.1, 0.15) is 23.3 Å². The van der Waals surface area contributed by atoms with Crippen molar-refractivity contribution >= 4 is 33.1 Å². The van der Waals surface area contributed by atoms with Crippen LogP contribution in [0.25, 0.3) is 0 Å². The first kappa shape index (κ1) is 20.6. The lowest BCUT2D eigenvalue weighted by molar-refractivity contribution is -0.133. The van der Waals surface area contributed by atoms with Crippen molar-refractivity contribution in [3.63, 3.8) is 0 Å². The van der Waals surface area contributed by atoms with Crippen molar-refractivity contribution in [1.29, 1.82) is 0 Å². The number of hydrazone groups is 1. The summed E-state index contributed by atoms with van der Waals surface area (Å²) in [5.41, 5.74) is 1.69. The van der Waals surface area contributed by atoms with Crippen LogP contribution in [0, 0.1) is 0 Å². The van der Waals surface area contributed by atoms with Gasteiger partial charge in [-0.2, -0.15) is 5.10 Å². The minimum Gasteiger partial charge on any atom is -0.492 e. The molecule has 3 aliphatic heterocycles. The van der Waals surface area contributed by atoms with Gasteiger partial charge in [0.2, 0.25) is 5.91 Å². The van der Waals surface area contributed by atoms with E-state index in [1.54, 1.807) is 6.07 Å². The van der Waals surface area contributed by atoms with Crippen molar-refractivity contribution in [3.05, 3.63) is 17.7 Å². The summed E-state index contributed by atoms with van der Waals surface area (Å²) in [7, 11) is -3.17. The topological polar surface area (TPSA) is 114 Å². The number of carbonyl (C=O) groups is 2. The molecule has 0 spiro atoms. The van der Waals surface area contributed by atoms with Gasteiger partial charge in [0.25, 0.3) is 5.91 Å². The molecule has 0 unspecified atom stereocenters. The molecule has 162 valence electrons. The molecule has 0 saturated carbocycles. The molecule has 3 aliphatic rings. The van der Waals surface area contributed by atoms with Crippen LogP contribution in [-0.4, -0.2) is 61.2 Å². The first-order valence-electron chi connectivity index (χ1n) is 10.1. The predicted octanol–water partition coefficient (Wildman–Crippen LogP) is 1.51. The number of anilines is 1. The van der Waals surface area contributed by atoms with Crippen LogP contribution in [0.15, 0.2) is 17.2 Å². The van der Waals surface area contributed by atoms with E-state index in [0.29, 0.717) is 30.2 Å². The summed E-state index contributed by atoms with van der Waals surface area (Å²) in [6, 6.07) is 3.11. The predicted molar refractivity (Wildman–Crippen MR) is 111 cm³/mol. The number of nitrogens with one attached hydrogen (secondary N) is 1. The van der Waals surface area contributed by atoms with Gasteiger partial charge in [-0.05, 0) is 26.3 Å². The quantitative estimate of drug-likeness (QED) is 0.750. The third-order valence-corrected chi connectivity index (χ3v) is 7.17.